The number of aryl methyl sites for hydroxylation is 2. The van der Waals surface area contributed by atoms with Gasteiger partial charge in [-0.1, -0.05) is 29.3 Å². The summed E-state index contributed by atoms with van der Waals surface area (Å²) >= 11 is 12.2. The smallest absolute Gasteiger partial charge is 0.273 e. The molecule has 0 radical (unpaired) electrons. The van der Waals surface area contributed by atoms with Crippen LogP contribution < -0.4 is 4.74 Å². The Bertz CT molecular complexity index is 663. The van der Waals surface area contributed by atoms with E-state index in [0.29, 0.717) is 11.4 Å². The van der Waals surface area contributed by atoms with Crippen molar-refractivity contribution in [2.45, 2.75) is 13.8 Å². The summed E-state index contributed by atoms with van der Waals surface area (Å²) in [5, 5.41) is 11.3. The molecule has 20 heavy (non-hydrogen) atoms. The second-order valence-electron chi connectivity index (χ2n) is 4.10. The minimum absolute atomic E-state index is 0.0720. The first-order chi connectivity index (χ1) is 9.40. The predicted octanol–water partition coefficient (Wildman–Crippen LogP) is 4.71. The SMILES string of the molecule is Cc1nc(C)c(Cl)c(Oc2cccc([N+](=O)[O-])c2)c1Cl. The molecule has 0 fully saturated rings. The van der Waals surface area contributed by atoms with Crippen LogP contribution in [0, 0.1) is 24.0 Å². The number of hydrogen-bond donors (Lipinski definition) is 0. The molecule has 1 heterocycles. The topological polar surface area (TPSA) is 65.3 Å². The first-order valence-corrected chi connectivity index (χ1v) is 6.40. The van der Waals surface area contributed by atoms with Crippen LogP contribution in [0.4, 0.5) is 5.69 Å². The maximum atomic E-state index is 10.7. The van der Waals surface area contributed by atoms with E-state index in [-0.39, 0.29) is 27.2 Å². The summed E-state index contributed by atoms with van der Waals surface area (Å²) in [5.41, 5.74) is 1.08. The van der Waals surface area contributed by atoms with Gasteiger partial charge in [0.05, 0.1) is 22.4 Å². The molecule has 0 amide bonds. The van der Waals surface area contributed by atoms with Gasteiger partial charge >= 0.3 is 0 Å². The molecule has 0 aliphatic rings. The summed E-state index contributed by atoms with van der Waals surface area (Å²) in [4.78, 5) is 14.4. The minimum atomic E-state index is -0.501. The Balaban J connectivity index is 2.45. The van der Waals surface area contributed by atoms with Gasteiger partial charge in [0.15, 0.2) is 5.75 Å². The molecule has 5 nitrogen and oxygen atoms in total. The van der Waals surface area contributed by atoms with Crippen LogP contribution in [0.1, 0.15) is 11.4 Å². The number of nitro benzene ring substituents is 1. The Morgan fingerprint density at radius 3 is 2.35 bits per heavy atom. The third-order valence-corrected chi connectivity index (χ3v) is 3.51. The molecule has 2 aromatic rings. The van der Waals surface area contributed by atoms with Crippen LogP contribution in [-0.4, -0.2) is 9.91 Å². The van der Waals surface area contributed by atoms with Crippen molar-refractivity contribution in [3.8, 4) is 11.5 Å². The van der Waals surface area contributed by atoms with Gasteiger partial charge in [0, 0.05) is 6.07 Å². The Morgan fingerprint density at radius 2 is 1.80 bits per heavy atom. The average molecular weight is 313 g/mol. The molecule has 0 bridgehead atoms. The summed E-state index contributed by atoms with van der Waals surface area (Å²) in [6.07, 6.45) is 0. The monoisotopic (exact) mass is 312 g/mol. The zero-order chi connectivity index (χ0) is 14.9. The van der Waals surface area contributed by atoms with Crippen molar-refractivity contribution in [2.75, 3.05) is 0 Å². The van der Waals surface area contributed by atoms with Crippen LogP contribution >= 0.6 is 23.2 Å². The average Bonchev–Trinajstić information content (AvgIpc) is 2.42. The van der Waals surface area contributed by atoms with Crippen LogP contribution in [0.5, 0.6) is 11.5 Å². The van der Waals surface area contributed by atoms with Gasteiger partial charge < -0.3 is 4.74 Å². The summed E-state index contributed by atoms with van der Waals surface area (Å²) in [5.74, 6) is 0.534. The van der Waals surface area contributed by atoms with E-state index in [2.05, 4.69) is 4.98 Å². The fraction of sp³-hybridized carbons (Fsp3) is 0.154. The van der Waals surface area contributed by atoms with Gasteiger partial charge in [0.2, 0.25) is 0 Å². The number of benzene rings is 1. The van der Waals surface area contributed by atoms with E-state index in [1.807, 2.05) is 0 Å². The quantitative estimate of drug-likeness (QED) is 0.608. The van der Waals surface area contributed by atoms with E-state index in [1.165, 1.54) is 18.2 Å². The first kappa shape index (κ1) is 14.6. The van der Waals surface area contributed by atoms with Crippen LogP contribution in [0.2, 0.25) is 10.0 Å². The maximum absolute atomic E-state index is 10.7. The summed E-state index contributed by atoms with van der Waals surface area (Å²) in [6.45, 7) is 3.46. The first-order valence-electron chi connectivity index (χ1n) is 5.64. The Morgan fingerprint density at radius 1 is 1.20 bits per heavy atom. The highest BCUT2D eigenvalue weighted by molar-refractivity contribution is 6.37. The maximum Gasteiger partial charge on any atom is 0.273 e. The van der Waals surface area contributed by atoms with Crippen molar-refractivity contribution < 1.29 is 9.66 Å². The van der Waals surface area contributed by atoms with Crippen LogP contribution in [0.25, 0.3) is 0 Å². The molecule has 0 saturated heterocycles. The van der Waals surface area contributed by atoms with E-state index in [0.717, 1.165) is 0 Å². The largest absolute Gasteiger partial charge is 0.454 e. The molecule has 0 unspecified atom stereocenters. The van der Waals surface area contributed by atoms with Crippen molar-refractivity contribution in [1.82, 2.24) is 4.98 Å². The van der Waals surface area contributed by atoms with Gasteiger partial charge in [-0.15, -0.1) is 0 Å². The molecule has 2 rings (SSSR count). The minimum Gasteiger partial charge on any atom is -0.454 e. The number of non-ortho nitro benzene ring substituents is 1. The standard InChI is InChI=1S/C13H10Cl2N2O3/c1-7-11(14)13(12(15)8(2)16-7)20-10-5-3-4-9(6-10)17(18)19/h3-6H,1-2H3. The molecule has 0 saturated carbocycles. The second kappa shape index (κ2) is 5.64. The molecule has 1 aromatic carbocycles. The van der Waals surface area contributed by atoms with E-state index in [1.54, 1.807) is 19.9 Å². The zero-order valence-corrected chi connectivity index (χ0v) is 12.2. The number of hydrogen-bond acceptors (Lipinski definition) is 4. The highest BCUT2D eigenvalue weighted by atomic mass is 35.5. The van der Waals surface area contributed by atoms with E-state index >= 15 is 0 Å². The normalized spacial score (nSPS) is 10.4. The lowest BCUT2D eigenvalue weighted by Gasteiger charge is -2.12. The van der Waals surface area contributed by atoms with Crippen molar-refractivity contribution >= 4 is 28.9 Å². The molecule has 0 N–H and O–H groups in total. The fourth-order valence-electron chi connectivity index (χ4n) is 1.64. The van der Waals surface area contributed by atoms with Crippen LogP contribution in [-0.2, 0) is 0 Å². The molecule has 0 spiro atoms. The van der Waals surface area contributed by atoms with Crippen molar-refractivity contribution in [2.24, 2.45) is 0 Å². The molecule has 104 valence electrons. The summed E-state index contributed by atoms with van der Waals surface area (Å²) in [7, 11) is 0. The van der Waals surface area contributed by atoms with Crippen molar-refractivity contribution in [1.29, 1.82) is 0 Å². The lowest BCUT2D eigenvalue weighted by molar-refractivity contribution is -0.384. The van der Waals surface area contributed by atoms with Crippen LogP contribution in [0.15, 0.2) is 24.3 Å². The fourth-order valence-corrected chi connectivity index (χ4v) is 2.04. The Hall–Kier alpha value is -1.85. The molecule has 7 heteroatoms. The number of ether oxygens (including phenoxy) is 1. The predicted molar refractivity (Wildman–Crippen MR) is 76.9 cm³/mol. The molecular formula is C13H10Cl2N2O3. The summed E-state index contributed by atoms with van der Waals surface area (Å²) in [6, 6.07) is 5.79. The van der Waals surface area contributed by atoms with Gasteiger partial charge in [-0.3, -0.25) is 15.1 Å². The number of pyridine rings is 1. The zero-order valence-electron chi connectivity index (χ0n) is 10.7. The van der Waals surface area contributed by atoms with Gasteiger partial charge in [-0.25, -0.2) is 0 Å². The third kappa shape index (κ3) is 2.84. The Kier molecular flexibility index (Phi) is 4.11. The number of nitro groups is 1. The Labute approximate surface area is 125 Å². The van der Waals surface area contributed by atoms with Gasteiger partial charge in [0.1, 0.15) is 15.8 Å². The lowest BCUT2D eigenvalue weighted by Crippen LogP contribution is -1.95. The van der Waals surface area contributed by atoms with Crippen LogP contribution in [0.3, 0.4) is 0 Å². The van der Waals surface area contributed by atoms with Gasteiger partial charge in [-0.2, -0.15) is 0 Å². The van der Waals surface area contributed by atoms with Gasteiger partial charge in [-0.05, 0) is 19.9 Å². The van der Waals surface area contributed by atoms with E-state index in [9.17, 15) is 10.1 Å². The van der Waals surface area contributed by atoms with E-state index in [4.69, 9.17) is 27.9 Å². The van der Waals surface area contributed by atoms with Crippen molar-refractivity contribution in [3.05, 3.63) is 55.8 Å². The molecule has 0 atom stereocenters. The molecule has 0 aliphatic carbocycles. The lowest BCUT2D eigenvalue weighted by atomic mass is 10.3. The highest BCUT2D eigenvalue weighted by Crippen LogP contribution is 2.39. The number of nitrogens with zero attached hydrogens (tertiary/aromatic N) is 2. The molecular weight excluding hydrogens is 303 g/mol. The number of aromatic nitrogens is 1. The van der Waals surface area contributed by atoms with E-state index < -0.39 is 4.92 Å². The van der Waals surface area contributed by atoms with Gasteiger partial charge in [0.25, 0.3) is 5.69 Å². The summed E-state index contributed by atoms with van der Waals surface area (Å²) < 4.78 is 5.58. The number of rotatable bonds is 3. The number of halogens is 2. The third-order valence-electron chi connectivity index (χ3n) is 2.62. The second-order valence-corrected chi connectivity index (χ2v) is 4.85. The highest BCUT2D eigenvalue weighted by Gasteiger charge is 2.16. The molecule has 1 aromatic heterocycles. The molecule has 0 aliphatic heterocycles. The van der Waals surface area contributed by atoms with Crippen molar-refractivity contribution in [3.63, 3.8) is 0 Å².